The summed E-state index contributed by atoms with van der Waals surface area (Å²) in [6.07, 6.45) is 3.64. The molecule has 0 saturated heterocycles. The quantitative estimate of drug-likeness (QED) is 0.516. The lowest BCUT2D eigenvalue weighted by Gasteiger charge is -1.95. The highest BCUT2D eigenvalue weighted by atomic mass is 32.2. The highest BCUT2D eigenvalue weighted by molar-refractivity contribution is 8.00. The lowest BCUT2D eigenvalue weighted by Crippen LogP contribution is -1.86. The molecule has 1 radical (unpaired) electrons. The van der Waals surface area contributed by atoms with Gasteiger partial charge in [0.1, 0.15) is 0 Å². The maximum atomic E-state index is 3.64. The van der Waals surface area contributed by atoms with Crippen LogP contribution in [0.1, 0.15) is 13.8 Å². The van der Waals surface area contributed by atoms with Crippen LogP contribution < -0.4 is 0 Å². The van der Waals surface area contributed by atoms with E-state index in [1.54, 1.807) is 11.8 Å². The van der Waals surface area contributed by atoms with Crippen LogP contribution >= 0.6 is 11.8 Å². The third kappa shape index (κ3) is 4.35. The third-order valence-electron chi connectivity index (χ3n) is 0.451. The van der Waals surface area contributed by atoms with Crippen LogP contribution in [0, 0.1) is 12.2 Å². The molecule has 0 spiro atoms. The number of rotatable bonds is 2. The van der Waals surface area contributed by atoms with Gasteiger partial charge in [-0.2, -0.15) is 11.8 Å². The first-order valence-corrected chi connectivity index (χ1v) is 3.29. The van der Waals surface area contributed by atoms with Crippen LogP contribution in [0.4, 0.5) is 0 Å². The largest absolute Gasteiger partial charge is 0.161 e. The van der Waals surface area contributed by atoms with Crippen LogP contribution in [0.15, 0.2) is 0 Å². The summed E-state index contributed by atoms with van der Waals surface area (Å²) in [6.45, 7) is 4.39. The van der Waals surface area contributed by atoms with Gasteiger partial charge >= 0.3 is 0 Å². The molecule has 0 aliphatic heterocycles. The first kappa shape index (κ1) is 6.35. The van der Waals surface area contributed by atoms with Gasteiger partial charge in [0.2, 0.25) is 0 Å². The zero-order chi connectivity index (χ0) is 4.99. The fourth-order valence-electron chi connectivity index (χ4n) is 0.236. The van der Waals surface area contributed by atoms with Crippen molar-refractivity contribution >= 4 is 11.8 Å². The third-order valence-corrected chi connectivity index (χ3v) is 1.35. The lowest BCUT2D eigenvalue weighted by atomic mass is 10.3. The average Bonchev–Trinajstić information content (AvgIpc) is 1.35. The molecule has 0 fully saturated rings. The molecule has 37 valence electrons. The van der Waals surface area contributed by atoms with Crippen LogP contribution in [0.3, 0.4) is 0 Å². The SMILES string of the molecule is [CH2]SCC(C)C. The lowest BCUT2D eigenvalue weighted by molar-refractivity contribution is 0.751. The van der Waals surface area contributed by atoms with Gasteiger partial charge in [-0.3, -0.25) is 0 Å². The van der Waals surface area contributed by atoms with E-state index in [0.717, 1.165) is 5.92 Å². The topological polar surface area (TPSA) is 0 Å². The van der Waals surface area contributed by atoms with E-state index in [2.05, 4.69) is 20.1 Å². The smallest absolute Gasteiger partial charge is 0.00236 e. The molecule has 6 heavy (non-hydrogen) atoms. The van der Waals surface area contributed by atoms with Gasteiger partial charge in [0.25, 0.3) is 0 Å². The molecule has 0 aromatic carbocycles. The first-order chi connectivity index (χ1) is 2.77. The molecule has 0 nitrogen and oxygen atoms in total. The van der Waals surface area contributed by atoms with Crippen molar-refractivity contribution in [3.63, 3.8) is 0 Å². The molecule has 0 bridgehead atoms. The first-order valence-electron chi connectivity index (χ1n) is 2.14. The van der Waals surface area contributed by atoms with Crippen LogP contribution in [0.5, 0.6) is 0 Å². The summed E-state index contributed by atoms with van der Waals surface area (Å²) in [6, 6.07) is 0. The number of hydrogen-bond donors (Lipinski definition) is 0. The van der Waals surface area contributed by atoms with Gasteiger partial charge < -0.3 is 0 Å². The predicted octanol–water partition coefficient (Wildman–Crippen LogP) is 2.17. The molecule has 0 aromatic heterocycles. The van der Waals surface area contributed by atoms with Gasteiger partial charge in [-0.25, -0.2) is 0 Å². The maximum Gasteiger partial charge on any atom is 0.00236 e. The van der Waals surface area contributed by atoms with E-state index in [0.29, 0.717) is 0 Å². The van der Waals surface area contributed by atoms with Crippen LogP contribution in [0.2, 0.25) is 0 Å². The molecule has 0 N–H and O–H groups in total. The van der Waals surface area contributed by atoms with E-state index in [1.165, 1.54) is 5.75 Å². The summed E-state index contributed by atoms with van der Waals surface area (Å²) in [4.78, 5) is 0. The maximum absolute atomic E-state index is 3.64. The molecule has 0 amide bonds. The molecule has 0 rings (SSSR count). The Bertz CT molecular complexity index is 25.1. The van der Waals surface area contributed by atoms with Gasteiger partial charge in [-0.15, -0.1) is 0 Å². The van der Waals surface area contributed by atoms with E-state index in [4.69, 9.17) is 0 Å². The Balaban J connectivity index is 2.63. The Labute approximate surface area is 44.3 Å². The van der Waals surface area contributed by atoms with Crippen molar-refractivity contribution in [3.05, 3.63) is 6.26 Å². The Morgan fingerprint density at radius 2 is 2.17 bits per heavy atom. The highest BCUT2D eigenvalue weighted by Gasteiger charge is 1.86. The van der Waals surface area contributed by atoms with Gasteiger partial charge in [-0.05, 0) is 11.7 Å². The summed E-state index contributed by atoms with van der Waals surface area (Å²) in [5.74, 6) is 1.98. The second kappa shape index (κ2) is 3.54. The van der Waals surface area contributed by atoms with E-state index >= 15 is 0 Å². The van der Waals surface area contributed by atoms with E-state index in [9.17, 15) is 0 Å². The van der Waals surface area contributed by atoms with Crippen molar-refractivity contribution in [1.82, 2.24) is 0 Å². The van der Waals surface area contributed by atoms with Crippen molar-refractivity contribution in [3.8, 4) is 0 Å². The molecule has 0 saturated carbocycles. The second-order valence-electron chi connectivity index (χ2n) is 1.76. The van der Waals surface area contributed by atoms with Crippen molar-refractivity contribution in [1.29, 1.82) is 0 Å². The Hall–Kier alpha value is 0.350. The summed E-state index contributed by atoms with van der Waals surface area (Å²) in [5, 5.41) is 0. The van der Waals surface area contributed by atoms with Crippen molar-refractivity contribution < 1.29 is 0 Å². The van der Waals surface area contributed by atoms with Crippen molar-refractivity contribution in [2.45, 2.75) is 13.8 Å². The summed E-state index contributed by atoms with van der Waals surface area (Å²) in [5.41, 5.74) is 0. The normalized spacial score (nSPS) is 10.0. The Kier molecular flexibility index (Phi) is 3.74. The molecule has 0 aliphatic carbocycles. The molecule has 0 aliphatic rings. The summed E-state index contributed by atoms with van der Waals surface area (Å²) in [7, 11) is 0. The second-order valence-corrected chi connectivity index (χ2v) is 2.51. The molecule has 0 unspecified atom stereocenters. The molecule has 0 aromatic rings. The molecule has 0 heterocycles. The predicted molar refractivity (Wildman–Crippen MR) is 32.7 cm³/mol. The Morgan fingerprint density at radius 1 is 1.67 bits per heavy atom. The van der Waals surface area contributed by atoms with Gasteiger partial charge in [0.15, 0.2) is 0 Å². The van der Waals surface area contributed by atoms with E-state index in [1.807, 2.05) is 0 Å². The minimum Gasteiger partial charge on any atom is -0.161 e. The standard InChI is InChI=1S/C5H11S/c1-5(2)4-6-3/h5H,3-4H2,1-2H3. The van der Waals surface area contributed by atoms with E-state index in [-0.39, 0.29) is 0 Å². The van der Waals surface area contributed by atoms with Crippen molar-refractivity contribution in [2.75, 3.05) is 5.75 Å². The van der Waals surface area contributed by atoms with Crippen LogP contribution in [-0.2, 0) is 0 Å². The molecular formula is C5H11S. The van der Waals surface area contributed by atoms with Gasteiger partial charge in [0, 0.05) is 6.26 Å². The van der Waals surface area contributed by atoms with Crippen LogP contribution in [0.25, 0.3) is 0 Å². The number of hydrogen-bond acceptors (Lipinski definition) is 1. The minimum absolute atomic E-state index is 0.799. The zero-order valence-corrected chi connectivity index (χ0v) is 5.22. The molecule has 1 heteroatoms. The van der Waals surface area contributed by atoms with E-state index < -0.39 is 0 Å². The Morgan fingerprint density at radius 3 is 2.17 bits per heavy atom. The molecule has 0 atom stereocenters. The zero-order valence-electron chi connectivity index (χ0n) is 4.40. The summed E-state index contributed by atoms with van der Waals surface area (Å²) < 4.78 is 0. The average molecular weight is 103 g/mol. The van der Waals surface area contributed by atoms with Crippen LogP contribution in [-0.4, -0.2) is 5.75 Å². The molecular weight excluding hydrogens is 92.1 g/mol. The fourth-order valence-corrected chi connectivity index (χ4v) is 0.707. The van der Waals surface area contributed by atoms with Crippen molar-refractivity contribution in [2.24, 2.45) is 5.92 Å². The number of thioether (sulfide) groups is 1. The fraction of sp³-hybridized carbons (Fsp3) is 0.800. The van der Waals surface area contributed by atoms with Gasteiger partial charge in [-0.1, -0.05) is 13.8 Å². The highest BCUT2D eigenvalue weighted by Crippen LogP contribution is 2.02. The van der Waals surface area contributed by atoms with Gasteiger partial charge in [0.05, 0.1) is 0 Å². The monoisotopic (exact) mass is 103 g/mol. The minimum atomic E-state index is 0.799. The summed E-state index contributed by atoms with van der Waals surface area (Å²) >= 11 is 1.66.